The molecule has 0 fully saturated rings. The molecule has 0 atom stereocenters. The number of hydrogen-bond donors (Lipinski definition) is 0. The summed E-state index contributed by atoms with van der Waals surface area (Å²) in [6, 6.07) is 5.14. The van der Waals surface area contributed by atoms with Crippen LogP contribution in [0.15, 0.2) is 18.2 Å². The molecule has 1 aromatic carbocycles. The van der Waals surface area contributed by atoms with Gasteiger partial charge in [-0.2, -0.15) is 0 Å². The zero-order chi connectivity index (χ0) is 9.14. The SMILES string of the molecule is Cc1cc(Cl)ccc1C(=O)CCl. The standard InChI is InChI=1S/C9H8Cl2O/c1-6-4-7(11)2-3-8(6)9(12)5-10/h2-4H,5H2,1H3. The first-order valence-electron chi connectivity index (χ1n) is 3.50. The van der Waals surface area contributed by atoms with Crippen molar-refractivity contribution < 1.29 is 4.79 Å². The van der Waals surface area contributed by atoms with Crippen LogP contribution in [-0.2, 0) is 0 Å². The molecule has 64 valence electrons. The molecule has 0 N–H and O–H groups in total. The van der Waals surface area contributed by atoms with Gasteiger partial charge in [0, 0.05) is 10.6 Å². The number of rotatable bonds is 2. The van der Waals surface area contributed by atoms with E-state index < -0.39 is 0 Å². The molecule has 0 saturated carbocycles. The van der Waals surface area contributed by atoms with Crippen LogP contribution in [0.1, 0.15) is 15.9 Å². The average Bonchev–Trinajstić information content (AvgIpc) is 2.03. The largest absolute Gasteiger partial charge is 0.293 e. The first-order valence-corrected chi connectivity index (χ1v) is 4.41. The lowest BCUT2D eigenvalue weighted by atomic mass is 10.1. The van der Waals surface area contributed by atoms with Crippen molar-refractivity contribution in [2.45, 2.75) is 6.92 Å². The summed E-state index contributed by atoms with van der Waals surface area (Å²) >= 11 is 11.1. The molecule has 0 aliphatic heterocycles. The van der Waals surface area contributed by atoms with E-state index in [0.717, 1.165) is 5.56 Å². The van der Waals surface area contributed by atoms with Crippen molar-refractivity contribution in [2.24, 2.45) is 0 Å². The van der Waals surface area contributed by atoms with Crippen LogP contribution in [0, 0.1) is 6.92 Å². The number of carbonyl (C=O) groups excluding carboxylic acids is 1. The van der Waals surface area contributed by atoms with Gasteiger partial charge < -0.3 is 0 Å². The molecular weight excluding hydrogens is 195 g/mol. The van der Waals surface area contributed by atoms with E-state index in [0.29, 0.717) is 10.6 Å². The lowest BCUT2D eigenvalue weighted by molar-refractivity contribution is 0.102. The van der Waals surface area contributed by atoms with E-state index in [4.69, 9.17) is 23.2 Å². The molecule has 1 nitrogen and oxygen atoms in total. The summed E-state index contributed by atoms with van der Waals surface area (Å²) in [5, 5.41) is 0.638. The molecule has 0 saturated heterocycles. The fourth-order valence-electron chi connectivity index (χ4n) is 1.01. The van der Waals surface area contributed by atoms with Gasteiger partial charge in [-0.05, 0) is 30.7 Å². The number of carbonyl (C=O) groups is 1. The predicted molar refractivity (Wildman–Crippen MR) is 51.2 cm³/mol. The van der Waals surface area contributed by atoms with Gasteiger partial charge in [-0.25, -0.2) is 0 Å². The van der Waals surface area contributed by atoms with E-state index in [2.05, 4.69) is 0 Å². The summed E-state index contributed by atoms with van der Waals surface area (Å²) in [4.78, 5) is 11.2. The first kappa shape index (κ1) is 9.56. The van der Waals surface area contributed by atoms with Gasteiger partial charge in [-0.3, -0.25) is 4.79 Å². The van der Waals surface area contributed by atoms with Crippen molar-refractivity contribution in [3.05, 3.63) is 34.3 Å². The maximum absolute atomic E-state index is 11.2. The van der Waals surface area contributed by atoms with Gasteiger partial charge in [0.2, 0.25) is 0 Å². The molecular formula is C9H8Cl2O. The highest BCUT2D eigenvalue weighted by molar-refractivity contribution is 6.32. The smallest absolute Gasteiger partial charge is 0.177 e. The number of hydrogen-bond acceptors (Lipinski definition) is 1. The Hall–Kier alpha value is -0.530. The monoisotopic (exact) mass is 202 g/mol. The second-order valence-corrected chi connectivity index (χ2v) is 3.22. The Morgan fingerprint density at radius 1 is 1.50 bits per heavy atom. The highest BCUT2D eigenvalue weighted by Gasteiger charge is 2.06. The number of aryl methyl sites for hydroxylation is 1. The van der Waals surface area contributed by atoms with Crippen LogP contribution >= 0.6 is 23.2 Å². The van der Waals surface area contributed by atoms with E-state index in [1.54, 1.807) is 18.2 Å². The fraction of sp³-hybridized carbons (Fsp3) is 0.222. The van der Waals surface area contributed by atoms with Crippen molar-refractivity contribution in [2.75, 3.05) is 5.88 Å². The molecule has 0 aromatic heterocycles. The third-order valence-electron chi connectivity index (χ3n) is 1.61. The average molecular weight is 203 g/mol. The Morgan fingerprint density at radius 3 is 2.67 bits per heavy atom. The Morgan fingerprint density at radius 2 is 2.17 bits per heavy atom. The highest BCUT2D eigenvalue weighted by atomic mass is 35.5. The van der Waals surface area contributed by atoms with Crippen LogP contribution in [0.5, 0.6) is 0 Å². The van der Waals surface area contributed by atoms with E-state index in [9.17, 15) is 4.79 Å². The molecule has 0 heterocycles. The number of halogens is 2. The van der Waals surface area contributed by atoms with Crippen LogP contribution in [0.4, 0.5) is 0 Å². The molecule has 0 spiro atoms. The molecule has 0 unspecified atom stereocenters. The lowest BCUT2D eigenvalue weighted by Crippen LogP contribution is -2.02. The summed E-state index contributed by atoms with van der Waals surface area (Å²) in [7, 11) is 0. The minimum atomic E-state index is -0.0640. The fourth-order valence-corrected chi connectivity index (χ4v) is 1.38. The molecule has 3 heteroatoms. The number of Topliss-reactive ketones (excluding diaryl/α,β-unsaturated/α-hetero) is 1. The van der Waals surface area contributed by atoms with Gasteiger partial charge in [0.1, 0.15) is 0 Å². The summed E-state index contributed by atoms with van der Waals surface area (Å²) in [6.07, 6.45) is 0. The van der Waals surface area contributed by atoms with Gasteiger partial charge in [-0.15, -0.1) is 11.6 Å². The maximum atomic E-state index is 11.2. The third-order valence-corrected chi connectivity index (χ3v) is 2.09. The Kier molecular flexibility index (Phi) is 3.12. The number of benzene rings is 1. The second kappa shape index (κ2) is 3.92. The van der Waals surface area contributed by atoms with Crippen LogP contribution in [0.3, 0.4) is 0 Å². The Balaban J connectivity index is 3.09. The lowest BCUT2D eigenvalue weighted by Gasteiger charge is -2.01. The summed E-state index contributed by atoms with van der Waals surface area (Å²) in [6.45, 7) is 1.84. The molecule has 0 amide bonds. The van der Waals surface area contributed by atoms with Crippen molar-refractivity contribution >= 4 is 29.0 Å². The molecule has 12 heavy (non-hydrogen) atoms. The Bertz CT molecular complexity index is 307. The molecule has 0 aliphatic carbocycles. The van der Waals surface area contributed by atoms with Crippen molar-refractivity contribution in [3.63, 3.8) is 0 Å². The second-order valence-electron chi connectivity index (χ2n) is 2.52. The third kappa shape index (κ3) is 1.99. The number of alkyl halides is 1. The topological polar surface area (TPSA) is 17.1 Å². The maximum Gasteiger partial charge on any atom is 0.177 e. The van der Waals surface area contributed by atoms with Crippen LogP contribution in [0.25, 0.3) is 0 Å². The first-order chi connectivity index (χ1) is 5.65. The zero-order valence-electron chi connectivity index (χ0n) is 6.60. The van der Waals surface area contributed by atoms with E-state index in [-0.39, 0.29) is 11.7 Å². The summed E-state index contributed by atoms with van der Waals surface area (Å²) in [5.74, 6) is -0.0477. The molecule has 1 aromatic rings. The van der Waals surface area contributed by atoms with Crippen LogP contribution in [-0.4, -0.2) is 11.7 Å². The van der Waals surface area contributed by atoms with Crippen LogP contribution in [0.2, 0.25) is 5.02 Å². The molecule has 0 aliphatic rings. The summed E-state index contributed by atoms with van der Waals surface area (Å²) < 4.78 is 0. The Labute approximate surface area is 81.3 Å². The molecule has 0 bridgehead atoms. The highest BCUT2D eigenvalue weighted by Crippen LogP contribution is 2.15. The van der Waals surface area contributed by atoms with Gasteiger partial charge in [0.05, 0.1) is 5.88 Å². The minimum absolute atomic E-state index is 0.0163. The van der Waals surface area contributed by atoms with Crippen molar-refractivity contribution in [1.29, 1.82) is 0 Å². The van der Waals surface area contributed by atoms with Gasteiger partial charge in [0.15, 0.2) is 5.78 Å². The minimum Gasteiger partial charge on any atom is -0.293 e. The van der Waals surface area contributed by atoms with Crippen molar-refractivity contribution in [1.82, 2.24) is 0 Å². The summed E-state index contributed by atoms with van der Waals surface area (Å²) in [5.41, 5.74) is 1.52. The normalized spacial score (nSPS) is 9.92. The number of ketones is 1. The van der Waals surface area contributed by atoms with Gasteiger partial charge in [-0.1, -0.05) is 11.6 Å². The zero-order valence-corrected chi connectivity index (χ0v) is 8.12. The quantitative estimate of drug-likeness (QED) is 0.533. The van der Waals surface area contributed by atoms with Crippen LogP contribution < -0.4 is 0 Å². The molecule has 0 radical (unpaired) electrons. The van der Waals surface area contributed by atoms with Gasteiger partial charge >= 0.3 is 0 Å². The van der Waals surface area contributed by atoms with E-state index in [1.807, 2.05) is 6.92 Å². The molecule has 1 rings (SSSR count). The van der Waals surface area contributed by atoms with E-state index >= 15 is 0 Å². The van der Waals surface area contributed by atoms with Crippen molar-refractivity contribution in [3.8, 4) is 0 Å². The van der Waals surface area contributed by atoms with E-state index in [1.165, 1.54) is 0 Å². The predicted octanol–water partition coefficient (Wildman–Crippen LogP) is 3.07. The van der Waals surface area contributed by atoms with Gasteiger partial charge in [0.25, 0.3) is 0 Å².